The van der Waals surface area contributed by atoms with Crippen LogP contribution in [0.15, 0.2) is 46.9 Å². The van der Waals surface area contributed by atoms with Crippen molar-refractivity contribution in [1.82, 2.24) is 10.2 Å². The van der Waals surface area contributed by atoms with Crippen molar-refractivity contribution in [3.05, 3.63) is 63.9 Å². The Labute approximate surface area is 169 Å². The Morgan fingerprint density at radius 1 is 1.08 bits per heavy atom. The lowest BCUT2D eigenvalue weighted by Crippen LogP contribution is -2.26. The van der Waals surface area contributed by atoms with Crippen LogP contribution in [0.4, 0.5) is 4.39 Å². The summed E-state index contributed by atoms with van der Waals surface area (Å²) in [7, 11) is 4.11. The van der Waals surface area contributed by atoms with E-state index in [4.69, 9.17) is 4.74 Å². The van der Waals surface area contributed by atoms with Gasteiger partial charge in [0.05, 0.1) is 0 Å². The fourth-order valence-corrected chi connectivity index (χ4v) is 2.50. The van der Waals surface area contributed by atoms with Crippen LogP contribution in [-0.4, -0.2) is 32.1 Å². The van der Waals surface area contributed by atoms with Gasteiger partial charge in [-0.25, -0.2) is 4.39 Å². The van der Waals surface area contributed by atoms with E-state index in [9.17, 15) is 4.39 Å². The zero-order chi connectivity index (χ0) is 16.7. The van der Waals surface area contributed by atoms with E-state index in [-0.39, 0.29) is 30.6 Å². The van der Waals surface area contributed by atoms with Crippen LogP contribution in [0.1, 0.15) is 11.1 Å². The van der Waals surface area contributed by atoms with Gasteiger partial charge in [-0.1, -0.05) is 28.1 Å². The largest absolute Gasteiger partial charge is 0.489 e. The predicted octanol–water partition coefficient (Wildman–Crippen LogP) is 4.66. The normalized spacial score (nSPS) is 10.1. The SMILES string of the molecule is CN(C)CCNCc1cc(Br)ccc1OCc1ccc(F)cc1.Cl.Cl. The van der Waals surface area contributed by atoms with E-state index >= 15 is 0 Å². The van der Waals surface area contributed by atoms with E-state index in [1.807, 2.05) is 12.1 Å². The van der Waals surface area contributed by atoms with Crippen LogP contribution in [0.3, 0.4) is 0 Å². The molecule has 0 saturated carbocycles. The molecule has 2 aromatic carbocycles. The lowest BCUT2D eigenvalue weighted by atomic mass is 10.2. The molecule has 25 heavy (non-hydrogen) atoms. The summed E-state index contributed by atoms with van der Waals surface area (Å²) in [6.07, 6.45) is 0. The molecule has 0 bridgehead atoms. The summed E-state index contributed by atoms with van der Waals surface area (Å²) in [5, 5.41) is 3.41. The smallest absolute Gasteiger partial charge is 0.124 e. The highest BCUT2D eigenvalue weighted by molar-refractivity contribution is 9.10. The third-order valence-electron chi connectivity index (χ3n) is 3.38. The highest BCUT2D eigenvalue weighted by Gasteiger charge is 2.05. The summed E-state index contributed by atoms with van der Waals surface area (Å²) < 4.78 is 19.9. The molecular formula is C18H24BrCl2FN2O. The van der Waals surface area contributed by atoms with Gasteiger partial charge in [-0.05, 0) is 50.0 Å². The molecule has 0 amide bonds. The zero-order valence-corrected chi connectivity index (χ0v) is 17.5. The van der Waals surface area contributed by atoms with Crippen molar-refractivity contribution in [3.63, 3.8) is 0 Å². The molecule has 0 aliphatic heterocycles. The van der Waals surface area contributed by atoms with Crippen LogP contribution in [0.2, 0.25) is 0 Å². The maximum absolute atomic E-state index is 12.9. The zero-order valence-electron chi connectivity index (χ0n) is 14.3. The molecule has 0 heterocycles. The van der Waals surface area contributed by atoms with Gasteiger partial charge in [0.1, 0.15) is 18.2 Å². The van der Waals surface area contributed by atoms with Crippen LogP contribution in [0, 0.1) is 5.82 Å². The third kappa shape index (κ3) is 8.88. The molecule has 0 radical (unpaired) electrons. The van der Waals surface area contributed by atoms with Gasteiger partial charge in [0.2, 0.25) is 0 Å². The Hall–Kier alpha value is -0.850. The van der Waals surface area contributed by atoms with Crippen molar-refractivity contribution in [2.24, 2.45) is 0 Å². The summed E-state index contributed by atoms with van der Waals surface area (Å²) >= 11 is 3.50. The van der Waals surface area contributed by atoms with Crippen LogP contribution in [0.5, 0.6) is 5.75 Å². The van der Waals surface area contributed by atoms with Gasteiger partial charge in [-0.2, -0.15) is 0 Å². The standard InChI is InChI=1S/C18H22BrFN2O.2ClH/c1-22(2)10-9-21-12-15-11-16(19)5-8-18(15)23-13-14-3-6-17(20)7-4-14;;/h3-8,11,21H,9-10,12-13H2,1-2H3;2*1H. The second-order valence-corrected chi connectivity index (χ2v) is 6.56. The topological polar surface area (TPSA) is 24.5 Å². The van der Waals surface area contributed by atoms with Crippen LogP contribution >= 0.6 is 40.7 Å². The second kappa shape index (κ2) is 12.5. The van der Waals surface area contributed by atoms with Crippen molar-refractivity contribution >= 4 is 40.7 Å². The molecule has 1 N–H and O–H groups in total. The first-order valence-electron chi connectivity index (χ1n) is 7.56. The Morgan fingerprint density at radius 3 is 2.40 bits per heavy atom. The van der Waals surface area contributed by atoms with Gasteiger partial charge < -0.3 is 15.0 Å². The Bertz CT molecular complexity index is 627. The lowest BCUT2D eigenvalue weighted by molar-refractivity contribution is 0.301. The first kappa shape index (κ1) is 24.1. The molecule has 2 aromatic rings. The number of rotatable bonds is 8. The van der Waals surface area contributed by atoms with Gasteiger partial charge in [0.25, 0.3) is 0 Å². The average Bonchev–Trinajstić information content (AvgIpc) is 2.52. The van der Waals surface area contributed by atoms with E-state index in [1.165, 1.54) is 12.1 Å². The number of nitrogens with one attached hydrogen (secondary N) is 1. The quantitative estimate of drug-likeness (QED) is 0.588. The molecule has 0 aromatic heterocycles. The number of ether oxygens (including phenoxy) is 1. The van der Waals surface area contributed by atoms with Gasteiger partial charge in [0.15, 0.2) is 0 Å². The molecule has 0 aliphatic rings. The van der Waals surface area contributed by atoms with Gasteiger partial charge >= 0.3 is 0 Å². The van der Waals surface area contributed by atoms with E-state index < -0.39 is 0 Å². The number of benzene rings is 2. The Balaban J connectivity index is 0.00000288. The lowest BCUT2D eigenvalue weighted by Gasteiger charge is -2.14. The van der Waals surface area contributed by atoms with Crippen molar-refractivity contribution in [2.45, 2.75) is 13.2 Å². The molecule has 0 unspecified atom stereocenters. The molecule has 0 aliphatic carbocycles. The maximum atomic E-state index is 12.9. The number of halogens is 4. The van der Waals surface area contributed by atoms with Gasteiger partial charge in [-0.3, -0.25) is 0 Å². The fraction of sp³-hybridized carbons (Fsp3) is 0.333. The van der Waals surface area contributed by atoms with Crippen LogP contribution in [-0.2, 0) is 13.2 Å². The summed E-state index contributed by atoms with van der Waals surface area (Å²) in [6.45, 7) is 3.06. The summed E-state index contributed by atoms with van der Waals surface area (Å²) in [5.41, 5.74) is 2.04. The molecular weight excluding hydrogens is 430 g/mol. The monoisotopic (exact) mass is 452 g/mol. The molecule has 0 saturated heterocycles. The summed E-state index contributed by atoms with van der Waals surface area (Å²) in [5.74, 6) is 0.609. The highest BCUT2D eigenvalue weighted by atomic mass is 79.9. The van der Waals surface area contributed by atoms with E-state index in [2.05, 4.69) is 46.3 Å². The van der Waals surface area contributed by atoms with Crippen LogP contribution < -0.4 is 10.1 Å². The molecule has 0 spiro atoms. The summed E-state index contributed by atoms with van der Waals surface area (Å²) in [6, 6.07) is 12.4. The van der Waals surface area contributed by atoms with Gasteiger partial charge in [0, 0.05) is 29.7 Å². The molecule has 140 valence electrons. The molecule has 2 rings (SSSR count). The Morgan fingerprint density at radius 2 is 1.76 bits per heavy atom. The molecule has 7 heteroatoms. The van der Waals surface area contributed by atoms with E-state index in [1.54, 1.807) is 12.1 Å². The average molecular weight is 454 g/mol. The number of likely N-dealkylation sites (N-methyl/N-ethyl adjacent to an activating group) is 1. The summed E-state index contributed by atoms with van der Waals surface area (Å²) in [4.78, 5) is 2.14. The minimum Gasteiger partial charge on any atom is -0.489 e. The van der Waals surface area contributed by atoms with E-state index in [0.29, 0.717) is 6.61 Å². The fourth-order valence-electron chi connectivity index (χ4n) is 2.09. The van der Waals surface area contributed by atoms with Crippen molar-refractivity contribution in [3.8, 4) is 5.75 Å². The maximum Gasteiger partial charge on any atom is 0.124 e. The van der Waals surface area contributed by atoms with E-state index in [0.717, 1.165) is 41.0 Å². The number of hydrogen-bond acceptors (Lipinski definition) is 3. The number of nitrogens with zero attached hydrogens (tertiary/aromatic N) is 1. The molecule has 0 atom stereocenters. The Kier molecular flexibility index (Phi) is 12.1. The predicted molar refractivity (Wildman–Crippen MR) is 110 cm³/mol. The third-order valence-corrected chi connectivity index (χ3v) is 3.87. The van der Waals surface area contributed by atoms with Crippen LogP contribution in [0.25, 0.3) is 0 Å². The highest BCUT2D eigenvalue weighted by Crippen LogP contribution is 2.24. The molecule has 0 fully saturated rings. The number of hydrogen-bond donors (Lipinski definition) is 1. The minimum absolute atomic E-state index is 0. The van der Waals surface area contributed by atoms with Gasteiger partial charge in [-0.15, -0.1) is 24.8 Å². The van der Waals surface area contributed by atoms with Crippen molar-refractivity contribution in [2.75, 3.05) is 27.2 Å². The van der Waals surface area contributed by atoms with Crippen molar-refractivity contribution in [1.29, 1.82) is 0 Å². The minimum atomic E-state index is -0.233. The first-order valence-corrected chi connectivity index (χ1v) is 8.35. The first-order chi connectivity index (χ1) is 11.0. The molecule has 3 nitrogen and oxygen atoms in total. The second-order valence-electron chi connectivity index (χ2n) is 5.65. The van der Waals surface area contributed by atoms with Crippen molar-refractivity contribution < 1.29 is 9.13 Å².